The minimum absolute atomic E-state index is 0.00643. The molecule has 38 nitrogen and oxygen atoms in total. The van der Waals surface area contributed by atoms with E-state index in [2.05, 4.69) is 21.3 Å². The maximum atomic E-state index is 13.4. The Balaban J connectivity index is 0.000000195. The minimum Gasteiger partial charge on any atom is -0.504 e. The Kier molecular flexibility index (Phi) is 32.7. The predicted molar refractivity (Wildman–Crippen MR) is 474 cm³/mol. The lowest BCUT2D eigenvalue weighted by Gasteiger charge is -2.27. The molecule has 4 atom stereocenters. The molecule has 0 aliphatic carbocycles. The van der Waals surface area contributed by atoms with E-state index in [0.29, 0.717) is 71.0 Å². The van der Waals surface area contributed by atoms with Gasteiger partial charge in [0.1, 0.15) is 52.6 Å². The summed E-state index contributed by atoms with van der Waals surface area (Å²) < 4.78 is 136. The number of imide groups is 4. The van der Waals surface area contributed by atoms with Gasteiger partial charge in [-0.15, -0.1) is 0 Å². The lowest BCUT2D eigenvalue weighted by atomic mass is 10.1. The maximum absolute atomic E-state index is 13.4. The van der Waals surface area contributed by atoms with Gasteiger partial charge < -0.3 is 69.7 Å². The average Bonchev–Trinajstić information content (AvgIpc) is 1.61. The largest absolute Gasteiger partial charge is 0.504 e. The highest BCUT2D eigenvalue weighted by atomic mass is 32.2. The van der Waals surface area contributed by atoms with E-state index in [-0.39, 0.29) is 103 Å². The number of rotatable bonds is 34. The SMILES string of the molecule is CCOc1cc([C@H](CS(C)(=O)=O)N2C(=O)c3cccc(NC(=O)CC)c3C2=O)ccc1OC.CCOc1cc([C@H](CS(C)(=O)=O)N2C(=O)c3cccc(NC(=O)CO)c3C2=O)ccc1O.CCOc1cc([C@H](CS(C)(=O)=O)N2C(=O)c3cccc(NC(=O)CO)c3C2=O)ccc1OC.CCOc1cc([C@H](CS(C)(=O)=O)N2C(=O)c3cccc(NC(C)=O)c3C2=O)ccc1OC. The number of methoxy groups -OCH3 is 3. The van der Waals surface area contributed by atoms with Crippen molar-refractivity contribution >= 4 is 133 Å². The summed E-state index contributed by atoms with van der Waals surface area (Å²) in [6, 6.07) is 31.4. The number of sulfone groups is 4. The molecule has 0 spiro atoms. The molecular formula is C88H96N8O30S4. The summed E-state index contributed by atoms with van der Waals surface area (Å²) >= 11 is 0. The van der Waals surface area contributed by atoms with Crippen molar-refractivity contribution in [3.05, 3.63) is 212 Å². The van der Waals surface area contributed by atoms with Crippen molar-refractivity contribution in [3.63, 3.8) is 0 Å². The highest BCUT2D eigenvalue weighted by Crippen LogP contribution is 2.45. The van der Waals surface area contributed by atoms with Crippen molar-refractivity contribution < 1.29 is 140 Å². The summed E-state index contributed by atoms with van der Waals surface area (Å²) in [5, 5.41) is 38.0. The molecule has 0 saturated carbocycles. The first-order chi connectivity index (χ1) is 61.3. The predicted octanol–water partition coefficient (Wildman–Crippen LogP) is 7.77. The van der Waals surface area contributed by atoms with Crippen molar-refractivity contribution in [1.82, 2.24) is 19.6 Å². The number of fused-ring (bicyclic) bond motifs is 4. The number of hydrogen-bond donors (Lipinski definition) is 7. The summed E-state index contributed by atoms with van der Waals surface area (Å²) in [5.41, 5.74) is 2.04. The molecule has 7 N–H and O–H groups in total. The van der Waals surface area contributed by atoms with Gasteiger partial charge in [0.2, 0.25) is 23.6 Å². The maximum Gasteiger partial charge on any atom is 0.264 e. The fourth-order valence-electron chi connectivity index (χ4n) is 14.5. The molecule has 0 radical (unpaired) electrons. The molecule has 0 bridgehead atoms. The quantitative estimate of drug-likeness (QED) is 0.0189. The van der Waals surface area contributed by atoms with Crippen LogP contribution in [0.2, 0.25) is 0 Å². The summed E-state index contributed by atoms with van der Waals surface area (Å²) in [5.74, 6) is -7.65. The molecule has 8 aromatic carbocycles. The third-order valence-corrected chi connectivity index (χ3v) is 23.6. The van der Waals surface area contributed by atoms with Crippen LogP contribution < -0.4 is 54.4 Å². The van der Waals surface area contributed by atoms with Crippen LogP contribution in [0.4, 0.5) is 22.7 Å². The van der Waals surface area contributed by atoms with Crippen molar-refractivity contribution in [2.24, 2.45) is 0 Å². The van der Waals surface area contributed by atoms with E-state index in [0.717, 1.165) is 44.6 Å². The highest BCUT2D eigenvalue weighted by Gasteiger charge is 2.49. The Morgan fingerprint density at radius 3 is 0.800 bits per heavy atom. The number of hydrogen-bond acceptors (Lipinski definition) is 30. The zero-order valence-electron chi connectivity index (χ0n) is 72.7. The van der Waals surface area contributed by atoms with E-state index in [9.17, 15) is 96.3 Å². The smallest absolute Gasteiger partial charge is 0.264 e. The van der Waals surface area contributed by atoms with E-state index in [4.69, 9.17) is 43.4 Å². The van der Waals surface area contributed by atoms with Crippen LogP contribution in [0.1, 0.15) is 177 Å². The zero-order valence-corrected chi connectivity index (χ0v) is 76.0. The van der Waals surface area contributed by atoms with E-state index < -0.39 is 165 Å². The number of benzene rings is 8. The molecule has 4 aliphatic heterocycles. The Labute approximate surface area is 748 Å². The lowest BCUT2D eigenvalue weighted by molar-refractivity contribution is -0.119. The van der Waals surface area contributed by atoms with Gasteiger partial charge in [-0.05, 0) is 147 Å². The molecule has 692 valence electrons. The summed E-state index contributed by atoms with van der Waals surface area (Å²) in [6.07, 6.45) is 4.26. The number of carbonyl (C=O) groups excluding carboxylic acids is 12. The lowest BCUT2D eigenvalue weighted by Crippen LogP contribution is -2.37. The van der Waals surface area contributed by atoms with Crippen LogP contribution in [0.5, 0.6) is 46.0 Å². The van der Waals surface area contributed by atoms with Crippen molar-refractivity contribution in [2.45, 2.75) is 72.1 Å². The van der Waals surface area contributed by atoms with Crippen molar-refractivity contribution in [3.8, 4) is 46.0 Å². The van der Waals surface area contributed by atoms with E-state index in [1.165, 1.54) is 113 Å². The number of nitrogens with zero attached hydrogens (tertiary/aromatic N) is 4. The summed E-state index contributed by atoms with van der Waals surface area (Å²) in [7, 11) is -10.1. The van der Waals surface area contributed by atoms with E-state index in [1.54, 1.807) is 95.3 Å². The Morgan fingerprint density at radius 1 is 0.331 bits per heavy atom. The molecule has 4 heterocycles. The van der Waals surface area contributed by atoms with Gasteiger partial charge in [0.15, 0.2) is 46.0 Å². The normalized spacial score (nSPS) is 14.2. The van der Waals surface area contributed by atoms with Gasteiger partial charge in [0.25, 0.3) is 47.3 Å². The number of aliphatic hydroxyl groups excluding tert-OH is 2. The molecule has 12 amide bonds. The monoisotopic (exact) mass is 1870 g/mol. The molecule has 0 aromatic heterocycles. The topological polar surface area (TPSA) is 528 Å². The van der Waals surface area contributed by atoms with Gasteiger partial charge in [0.05, 0.1) is 162 Å². The number of phenols is 1. The first-order valence-corrected chi connectivity index (χ1v) is 48.1. The number of phenolic OH excluding ortho intramolecular Hbond substituents is 1. The molecule has 0 fully saturated rings. The third kappa shape index (κ3) is 23.4. The summed E-state index contributed by atoms with van der Waals surface area (Å²) in [6.45, 7) is 9.60. The first-order valence-electron chi connectivity index (χ1n) is 39.9. The number of anilines is 4. The fourth-order valence-corrected chi connectivity index (χ4v) is 18.2. The van der Waals surface area contributed by atoms with Gasteiger partial charge in [-0.25, -0.2) is 33.7 Å². The third-order valence-electron chi connectivity index (χ3n) is 19.9. The van der Waals surface area contributed by atoms with Crippen LogP contribution in [-0.2, 0) is 58.5 Å². The second-order valence-corrected chi connectivity index (χ2v) is 38.2. The Bertz CT molecular complexity index is 6110. The number of nitrogens with one attached hydrogen (secondary N) is 4. The number of amides is 12. The molecule has 130 heavy (non-hydrogen) atoms. The average molecular weight is 1870 g/mol. The van der Waals surface area contributed by atoms with Gasteiger partial charge in [0, 0.05) is 38.4 Å². The molecule has 8 aromatic rings. The van der Waals surface area contributed by atoms with Crippen LogP contribution >= 0.6 is 0 Å². The zero-order chi connectivity index (χ0) is 95.9. The fraction of sp³-hybridized carbons (Fsp3) is 0.318. The minimum atomic E-state index is -3.66. The highest BCUT2D eigenvalue weighted by molar-refractivity contribution is 7.91. The Morgan fingerprint density at radius 2 is 0.569 bits per heavy atom. The van der Waals surface area contributed by atoms with Crippen molar-refractivity contribution in [2.75, 3.05) is 130 Å². The van der Waals surface area contributed by atoms with Crippen LogP contribution in [0.3, 0.4) is 0 Å². The van der Waals surface area contributed by atoms with E-state index >= 15 is 0 Å². The number of ether oxygens (including phenoxy) is 7. The van der Waals surface area contributed by atoms with Crippen LogP contribution in [0.25, 0.3) is 0 Å². The standard InChI is InChI=1S/C23H26N2O7S.C22H24N2O8S.C22H24N2O7S.C21H22N2O8S/c1-5-20(26)24-16-9-7-8-15-21(16)23(28)25(22(15)27)17(13-33(4,29)30)14-10-11-18(31-3)19(12-14)32-6-2;1-4-32-18-10-13(8-9-17(18)31-2)16(12-33(3,29)30)24-21(27)14-6-5-7-15(20(14)22(24)28)23-19(26)11-25;1-5-31-19-11-14(9-10-18(19)30-3)17(12-32(4,28)29)24-21(26)15-7-6-8-16(23-13(2)25)20(15)22(24)27;1-3-31-17-9-12(7-8-16(17)25)15(11-32(2,29)30)23-20(27)13-5-4-6-14(19(13)21(23)28)22-18(26)10-24/h7-12,17H,5-6,13H2,1-4H3,(H,24,26);5-10,16,25H,4,11-12H2,1-3H3,(H,23,26);6-11,17H,5,12H2,1-4H3,(H,23,25);4-9,15,24-25H,3,10-11H2,1-2H3,(H,22,26)/t17-;16-;17-;15-/m0000/s1. The molecule has 0 unspecified atom stereocenters. The van der Waals surface area contributed by atoms with Gasteiger partial charge in [-0.1, -0.05) is 55.5 Å². The molecule has 0 saturated heterocycles. The second kappa shape index (κ2) is 42.5. The van der Waals surface area contributed by atoms with Crippen molar-refractivity contribution in [1.29, 1.82) is 0 Å². The van der Waals surface area contributed by atoms with E-state index in [1.807, 2.05) is 0 Å². The molecule has 12 rings (SSSR count). The molecular weight excluding hydrogens is 1780 g/mol. The number of carbonyl (C=O) groups is 12. The molecule has 4 aliphatic rings. The molecule has 42 heteroatoms. The number of aromatic hydroxyl groups is 1. The first kappa shape index (κ1) is 100. The van der Waals surface area contributed by atoms with Crippen LogP contribution in [-0.4, -0.2) is 248 Å². The number of aliphatic hydroxyl groups is 2. The Hall–Kier alpha value is -13.7. The van der Waals surface area contributed by atoms with Gasteiger partial charge in [-0.2, -0.15) is 0 Å². The second-order valence-electron chi connectivity index (χ2n) is 29.5. The van der Waals surface area contributed by atoms with Gasteiger partial charge in [-0.3, -0.25) is 77.1 Å². The van der Waals surface area contributed by atoms with Crippen LogP contribution in [0.15, 0.2) is 146 Å². The summed E-state index contributed by atoms with van der Waals surface area (Å²) in [4.78, 5) is 157. The van der Waals surface area contributed by atoms with Crippen LogP contribution in [0, 0.1) is 0 Å². The van der Waals surface area contributed by atoms with Gasteiger partial charge >= 0.3 is 0 Å².